The fraction of sp³-hybridized carbons (Fsp3) is 0.250. The molecule has 7 nitrogen and oxygen atoms in total. The maximum Gasteiger partial charge on any atom is 0.408 e. The summed E-state index contributed by atoms with van der Waals surface area (Å²) in [4.78, 5) is 32.4. The first kappa shape index (κ1) is 14.7. The molecule has 1 rings (SSSR count). The average Bonchev–Trinajstić information content (AvgIpc) is 2.42. The molecule has 0 aliphatic rings. The molecule has 7 heteroatoms. The lowest BCUT2D eigenvalue weighted by Gasteiger charge is -2.15. The number of hydrogen-bond donors (Lipinski definition) is 3. The molecule has 1 aromatic carbocycles. The van der Waals surface area contributed by atoms with Crippen LogP contribution < -0.4 is 5.32 Å². The smallest absolute Gasteiger partial charge is 0.408 e. The lowest BCUT2D eigenvalue weighted by atomic mass is 10.2. The number of carbonyl (C=O) groups is 3. The second-order valence-corrected chi connectivity index (χ2v) is 3.65. The fourth-order valence-electron chi connectivity index (χ4n) is 1.26. The average molecular weight is 267 g/mol. The van der Waals surface area contributed by atoms with Crippen LogP contribution in [-0.4, -0.2) is 40.7 Å². The summed E-state index contributed by atoms with van der Waals surface area (Å²) < 4.78 is 4.76. The standard InChI is InChI=1S/C12H13NO6/c14-6-9(15)10(11(16)17)13-12(18)19-7-8-4-2-1-3-5-8/h1-6,9-10,15H,7H2,(H,13,18)(H,16,17)/t9-,10-/m0/s1. The number of amides is 1. The minimum absolute atomic E-state index is 0.0241. The Morgan fingerprint density at radius 2 is 1.95 bits per heavy atom. The third-order valence-electron chi connectivity index (χ3n) is 2.23. The molecule has 0 aromatic heterocycles. The van der Waals surface area contributed by atoms with Gasteiger partial charge in [-0.25, -0.2) is 9.59 Å². The molecular formula is C12H13NO6. The summed E-state index contributed by atoms with van der Waals surface area (Å²) in [5, 5.41) is 19.7. The van der Waals surface area contributed by atoms with Crippen LogP contribution in [0.5, 0.6) is 0 Å². The molecule has 0 saturated heterocycles. The molecule has 0 unspecified atom stereocenters. The van der Waals surface area contributed by atoms with E-state index < -0.39 is 24.2 Å². The Kier molecular flexibility index (Phi) is 5.49. The van der Waals surface area contributed by atoms with Crippen molar-refractivity contribution in [2.75, 3.05) is 0 Å². The number of nitrogens with one attached hydrogen (secondary N) is 1. The number of benzene rings is 1. The highest BCUT2D eigenvalue weighted by atomic mass is 16.5. The third kappa shape index (κ3) is 4.76. The number of alkyl carbamates (subject to hydrolysis) is 1. The Bertz CT molecular complexity index is 447. The van der Waals surface area contributed by atoms with E-state index in [2.05, 4.69) is 0 Å². The summed E-state index contributed by atoms with van der Waals surface area (Å²) in [5.41, 5.74) is 0.723. The first-order valence-corrected chi connectivity index (χ1v) is 5.38. The van der Waals surface area contributed by atoms with E-state index in [-0.39, 0.29) is 12.9 Å². The molecule has 19 heavy (non-hydrogen) atoms. The minimum Gasteiger partial charge on any atom is -0.480 e. The van der Waals surface area contributed by atoms with Gasteiger partial charge in [0.15, 0.2) is 12.3 Å². The quantitative estimate of drug-likeness (QED) is 0.622. The summed E-state index contributed by atoms with van der Waals surface area (Å²) in [6, 6.07) is 7.02. The van der Waals surface area contributed by atoms with Gasteiger partial charge < -0.3 is 25.1 Å². The fourth-order valence-corrected chi connectivity index (χ4v) is 1.26. The van der Waals surface area contributed by atoms with Gasteiger partial charge in [0, 0.05) is 0 Å². The van der Waals surface area contributed by atoms with E-state index in [1.807, 2.05) is 5.32 Å². The highest BCUT2D eigenvalue weighted by Crippen LogP contribution is 2.01. The summed E-state index contributed by atoms with van der Waals surface area (Å²) >= 11 is 0. The number of rotatable bonds is 6. The van der Waals surface area contributed by atoms with Gasteiger partial charge in [0.25, 0.3) is 0 Å². The van der Waals surface area contributed by atoms with Crippen LogP contribution in [-0.2, 0) is 20.9 Å². The molecule has 0 spiro atoms. The van der Waals surface area contributed by atoms with Crippen molar-refractivity contribution in [3.05, 3.63) is 35.9 Å². The third-order valence-corrected chi connectivity index (χ3v) is 2.23. The first-order chi connectivity index (χ1) is 9.04. The van der Waals surface area contributed by atoms with E-state index in [0.717, 1.165) is 5.56 Å². The van der Waals surface area contributed by atoms with Crippen LogP contribution in [0.4, 0.5) is 4.79 Å². The number of ether oxygens (including phenoxy) is 1. The van der Waals surface area contributed by atoms with E-state index in [0.29, 0.717) is 0 Å². The molecule has 0 heterocycles. The van der Waals surface area contributed by atoms with Crippen LogP contribution in [0, 0.1) is 0 Å². The van der Waals surface area contributed by atoms with E-state index in [4.69, 9.17) is 14.9 Å². The Hall–Kier alpha value is -2.41. The van der Waals surface area contributed by atoms with Gasteiger partial charge in [0.2, 0.25) is 0 Å². The van der Waals surface area contributed by atoms with Crippen molar-refractivity contribution in [2.24, 2.45) is 0 Å². The number of carboxylic acid groups (broad SMARTS) is 1. The van der Waals surface area contributed by atoms with E-state index in [1.165, 1.54) is 0 Å². The van der Waals surface area contributed by atoms with Crippen molar-refractivity contribution < 1.29 is 29.3 Å². The number of carbonyl (C=O) groups excluding carboxylic acids is 2. The van der Waals surface area contributed by atoms with Gasteiger partial charge in [-0.1, -0.05) is 30.3 Å². The number of hydrogen-bond acceptors (Lipinski definition) is 5. The largest absolute Gasteiger partial charge is 0.480 e. The lowest BCUT2D eigenvalue weighted by Crippen LogP contribution is -2.49. The number of aliphatic hydroxyl groups is 1. The molecule has 0 saturated carbocycles. The zero-order valence-corrected chi connectivity index (χ0v) is 9.85. The molecule has 2 atom stereocenters. The molecule has 3 N–H and O–H groups in total. The predicted octanol–water partition coefficient (Wildman–Crippen LogP) is -0.0742. The molecule has 0 aliphatic carbocycles. The van der Waals surface area contributed by atoms with Crippen molar-refractivity contribution in [2.45, 2.75) is 18.8 Å². The monoisotopic (exact) mass is 267 g/mol. The predicted molar refractivity (Wildman–Crippen MR) is 63.3 cm³/mol. The zero-order chi connectivity index (χ0) is 14.3. The number of aldehydes is 1. The van der Waals surface area contributed by atoms with Crippen LogP contribution >= 0.6 is 0 Å². The van der Waals surface area contributed by atoms with Crippen molar-refractivity contribution in [3.8, 4) is 0 Å². The van der Waals surface area contributed by atoms with E-state index in [9.17, 15) is 14.4 Å². The SMILES string of the molecule is O=C[C@H](O)[C@H](NC(=O)OCc1ccccc1)C(=O)O. The van der Waals surface area contributed by atoms with Crippen LogP contribution in [0.25, 0.3) is 0 Å². The number of aliphatic carboxylic acids is 1. The van der Waals surface area contributed by atoms with Crippen LogP contribution in [0.3, 0.4) is 0 Å². The summed E-state index contributed by atoms with van der Waals surface area (Å²) in [5.74, 6) is -1.53. The maximum atomic E-state index is 11.3. The van der Waals surface area contributed by atoms with Crippen molar-refractivity contribution in [1.82, 2.24) is 5.32 Å². The van der Waals surface area contributed by atoms with Crippen LogP contribution in [0.15, 0.2) is 30.3 Å². The molecule has 102 valence electrons. The van der Waals surface area contributed by atoms with Crippen LogP contribution in [0.1, 0.15) is 5.56 Å². The molecule has 0 aliphatic heterocycles. The van der Waals surface area contributed by atoms with Crippen molar-refractivity contribution in [1.29, 1.82) is 0 Å². The molecule has 1 aromatic rings. The van der Waals surface area contributed by atoms with Gasteiger partial charge in [-0.15, -0.1) is 0 Å². The minimum atomic E-state index is -1.83. The van der Waals surface area contributed by atoms with Gasteiger partial charge in [0.1, 0.15) is 12.7 Å². The highest BCUT2D eigenvalue weighted by Gasteiger charge is 2.28. The number of aliphatic hydroxyl groups excluding tert-OH is 1. The molecule has 1 amide bonds. The van der Waals surface area contributed by atoms with Crippen molar-refractivity contribution in [3.63, 3.8) is 0 Å². The Balaban J connectivity index is 2.49. The van der Waals surface area contributed by atoms with Gasteiger partial charge in [-0.05, 0) is 5.56 Å². The summed E-state index contributed by atoms with van der Waals surface area (Å²) in [6.07, 6.45) is -2.84. The molecule has 0 radical (unpaired) electrons. The second-order valence-electron chi connectivity index (χ2n) is 3.65. The summed E-state index contributed by atoms with van der Waals surface area (Å²) in [6.45, 7) is -0.0454. The van der Waals surface area contributed by atoms with Crippen LogP contribution in [0.2, 0.25) is 0 Å². The van der Waals surface area contributed by atoms with E-state index in [1.54, 1.807) is 30.3 Å². The van der Waals surface area contributed by atoms with Gasteiger partial charge in [0.05, 0.1) is 0 Å². The van der Waals surface area contributed by atoms with Gasteiger partial charge >= 0.3 is 12.1 Å². The Morgan fingerprint density at radius 1 is 1.32 bits per heavy atom. The summed E-state index contributed by atoms with van der Waals surface area (Å²) in [7, 11) is 0. The molecule has 0 bridgehead atoms. The highest BCUT2D eigenvalue weighted by molar-refractivity contribution is 5.84. The van der Waals surface area contributed by atoms with E-state index >= 15 is 0 Å². The Labute approximate surface area is 108 Å². The maximum absolute atomic E-state index is 11.3. The lowest BCUT2D eigenvalue weighted by molar-refractivity contribution is -0.144. The molecule has 0 fully saturated rings. The normalized spacial score (nSPS) is 13.1. The van der Waals surface area contributed by atoms with Gasteiger partial charge in [-0.2, -0.15) is 0 Å². The number of carboxylic acids is 1. The second kappa shape index (κ2) is 7.12. The Morgan fingerprint density at radius 3 is 2.47 bits per heavy atom. The molecular weight excluding hydrogens is 254 g/mol. The van der Waals surface area contributed by atoms with Crippen molar-refractivity contribution >= 4 is 18.3 Å². The zero-order valence-electron chi connectivity index (χ0n) is 9.85. The first-order valence-electron chi connectivity index (χ1n) is 5.38. The van der Waals surface area contributed by atoms with Gasteiger partial charge in [-0.3, -0.25) is 0 Å². The topological polar surface area (TPSA) is 113 Å².